The highest BCUT2D eigenvalue weighted by Crippen LogP contribution is 2.27. The molecule has 0 fully saturated rings. The first kappa shape index (κ1) is 17.0. The zero-order valence-electron chi connectivity index (χ0n) is 15.3. The normalized spacial score (nSPS) is 11.2. The van der Waals surface area contributed by atoms with Crippen molar-refractivity contribution in [1.82, 2.24) is 4.57 Å². The minimum absolute atomic E-state index is 0.780. The molecule has 3 rings (SSSR count). The van der Waals surface area contributed by atoms with Crippen molar-refractivity contribution in [3.8, 4) is 11.4 Å². The molecule has 0 saturated heterocycles. The Hall–Kier alpha value is -2.81. The summed E-state index contributed by atoms with van der Waals surface area (Å²) in [7, 11) is 1.67. The molecule has 0 aliphatic rings. The Kier molecular flexibility index (Phi) is 5.03. The quantitative estimate of drug-likeness (QED) is 0.573. The van der Waals surface area contributed by atoms with Gasteiger partial charge in [0.15, 0.2) is 0 Å². The number of hydrogen-bond acceptors (Lipinski definition) is 2. The molecule has 25 heavy (non-hydrogen) atoms. The van der Waals surface area contributed by atoms with Gasteiger partial charge >= 0.3 is 0 Å². The standard InChI is InChI=1S/C22H24N2O/c1-5-18-10-12-20(13-11-18)24-16(2)14-19(17(24)3)15-23-21-8-6-7-9-22(21)25-4/h6-15H,5H2,1-4H3. The Morgan fingerprint density at radius 3 is 2.44 bits per heavy atom. The molecule has 2 aromatic carbocycles. The van der Waals surface area contributed by atoms with Crippen LogP contribution in [0.3, 0.4) is 0 Å². The van der Waals surface area contributed by atoms with E-state index in [0.29, 0.717) is 0 Å². The van der Waals surface area contributed by atoms with Crippen molar-refractivity contribution in [1.29, 1.82) is 0 Å². The SMILES string of the molecule is CCc1ccc(-n2c(C)cc(C=Nc3ccccc3OC)c2C)cc1. The fourth-order valence-corrected chi connectivity index (χ4v) is 3.07. The number of benzene rings is 2. The maximum absolute atomic E-state index is 5.37. The molecule has 0 radical (unpaired) electrons. The molecule has 0 atom stereocenters. The Morgan fingerprint density at radius 1 is 1.04 bits per heavy atom. The summed E-state index contributed by atoms with van der Waals surface area (Å²) >= 11 is 0. The van der Waals surface area contributed by atoms with Crippen LogP contribution in [0.2, 0.25) is 0 Å². The lowest BCUT2D eigenvalue weighted by molar-refractivity contribution is 0.416. The van der Waals surface area contributed by atoms with Crippen molar-refractivity contribution in [3.63, 3.8) is 0 Å². The van der Waals surface area contributed by atoms with E-state index in [0.717, 1.165) is 23.4 Å². The van der Waals surface area contributed by atoms with Crippen LogP contribution in [0, 0.1) is 13.8 Å². The second-order valence-electron chi connectivity index (χ2n) is 6.11. The maximum atomic E-state index is 5.37. The molecule has 0 bridgehead atoms. The summed E-state index contributed by atoms with van der Waals surface area (Å²) in [5, 5.41) is 0. The van der Waals surface area contributed by atoms with Crippen molar-refractivity contribution in [2.24, 2.45) is 4.99 Å². The van der Waals surface area contributed by atoms with Gasteiger partial charge in [0.1, 0.15) is 11.4 Å². The number of hydrogen-bond donors (Lipinski definition) is 0. The second-order valence-corrected chi connectivity index (χ2v) is 6.11. The predicted molar refractivity (Wildman–Crippen MR) is 105 cm³/mol. The molecule has 0 aliphatic carbocycles. The first-order valence-corrected chi connectivity index (χ1v) is 8.59. The highest BCUT2D eigenvalue weighted by atomic mass is 16.5. The molecule has 0 amide bonds. The average Bonchev–Trinajstić information content (AvgIpc) is 2.94. The lowest BCUT2D eigenvalue weighted by Gasteiger charge is -2.10. The van der Waals surface area contributed by atoms with E-state index >= 15 is 0 Å². The third-order valence-corrected chi connectivity index (χ3v) is 4.50. The lowest BCUT2D eigenvalue weighted by atomic mass is 10.1. The molecule has 1 heterocycles. The summed E-state index contributed by atoms with van der Waals surface area (Å²) in [5.41, 5.74) is 6.86. The minimum Gasteiger partial charge on any atom is -0.494 e. The van der Waals surface area contributed by atoms with Crippen molar-refractivity contribution < 1.29 is 4.74 Å². The van der Waals surface area contributed by atoms with Crippen molar-refractivity contribution in [3.05, 3.63) is 77.1 Å². The van der Waals surface area contributed by atoms with E-state index in [-0.39, 0.29) is 0 Å². The summed E-state index contributed by atoms with van der Waals surface area (Å²) < 4.78 is 7.63. The van der Waals surface area contributed by atoms with Gasteiger partial charge in [0.25, 0.3) is 0 Å². The van der Waals surface area contributed by atoms with E-state index in [4.69, 9.17) is 4.74 Å². The third kappa shape index (κ3) is 3.50. The number of aryl methyl sites for hydroxylation is 2. The molecule has 0 aliphatic heterocycles. The topological polar surface area (TPSA) is 26.5 Å². The second kappa shape index (κ2) is 7.39. The number of methoxy groups -OCH3 is 1. The van der Waals surface area contributed by atoms with E-state index in [1.54, 1.807) is 7.11 Å². The maximum Gasteiger partial charge on any atom is 0.144 e. The molecular weight excluding hydrogens is 308 g/mol. The van der Waals surface area contributed by atoms with Crippen LogP contribution in [0.1, 0.15) is 29.4 Å². The number of ether oxygens (including phenoxy) is 1. The van der Waals surface area contributed by atoms with Gasteiger partial charge in [-0.1, -0.05) is 31.2 Å². The van der Waals surface area contributed by atoms with Crippen LogP contribution in [-0.2, 0) is 6.42 Å². The van der Waals surface area contributed by atoms with E-state index in [1.807, 2.05) is 30.5 Å². The summed E-state index contributed by atoms with van der Waals surface area (Å²) in [6.07, 6.45) is 2.97. The molecule has 0 spiro atoms. The predicted octanol–water partition coefficient (Wildman–Crippen LogP) is 5.42. The van der Waals surface area contributed by atoms with E-state index in [1.165, 1.54) is 22.6 Å². The summed E-state index contributed by atoms with van der Waals surface area (Å²) in [6, 6.07) is 18.7. The van der Waals surface area contributed by atoms with Gasteiger partial charge in [0, 0.05) is 28.9 Å². The third-order valence-electron chi connectivity index (χ3n) is 4.50. The van der Waals surface area contributed by atoms with E-state index in [2.05, 4.69) is 60.7 Å². The van der Waals surface area contributed by atoms with Gasteiger partial charge in [0.2, 0.25) is 0 Å². The van der Waals surface area contributed by atoms with Crippen LogP contribution < -0.4 is 4.74 Å². The van der Waals surface area contributed by atoms with Crippen molar-refractivity contribution in [2.75, 3.05) is 7.11 Å². The Bertz CT molecular complexity index is 889. The van der Waals surface area contributed by atoms with Gasteiger partial charge in [-0.3, -0.25) is 4.99 Å². The van der Waals surface area contributed by atoms with Gasteiger partial charge in [-0.2, -0.15) is 0 Å². The Morgan fingerprint density at radius 2 is 1.76 bits per heavy atom. The van der Waals surface area contributed by atoms with Gasteiger partial charge in [-0.05, 0) is 56.2 Å². The summed E-state index contributed by atoms with van der Waals surface area (Å²) in [5.74, 6) is 0.780. The van der Waals surface area contributed by atoms with Crippen LogP contribution in [0.15, 0.2) is 59.6 Å². The smallest absolute Gasteiger partial charge is 0.144 e. The van der Waals surface area contributed by atoms with Crippen LogP contribution in [0.5, 0.6) is 5.75 Å². The highest BCUT2D eigenvalue weighted by Gasteiger charge is 2.09. The molecule has 1 aromatic heterocycles. The molecular formula is C22H24N2O. The van der Waals surface area contributed by atoms with E-state index in [9.17, 15) is 0 Å². The molecule has 3 nitrogen and oxygen atoms in total. The average molecular weight is 332 g/mol. The van der Waals surface area contributed by atoms with Crippen molar-refractivity contribution in [2.45, 2.75) is 27.2 Å². The monoisotopic (exact) mass is 332 g/mol. The van der Waals surface area contributed by atoms with Crippen LogP contribution in [0.4, 0.5) is 5.69 Å². The Labute approximate surface area is 149 Å². The van der Waals surface area contributed by atoms with Crippen LogP contribution in [-0.4, -0.2) is 17.9 Å². The zero-order chi connectivity index (χ0) is 17.8. The number of para-hydroxylation sites is 2. The number of nitrogens with zero attached hydrogens (tertiary/aromatic N) is 2. The molecule has 0 saturated carbocycles. The summed E-state index contributed by atoms with van der Waals surface area (Å²) in [6.45, 7) is 6.43. The molecule has 128 valence electrons. The first-order chi connectivity index (χ1) is 12.1. The van der Waals surface area contributed by atoms with Gasteiger partial charge in [0.05, 0.1) is 7.11 Å². The zero-order valence-corrected chi connectivity index (χ0v) is 15.3. The molecule has 0 unspecified atom stereocenters. The van der Waals surface area contributed by atoms with Gasteiger partial charge in [-0.15, -0.1) is 0 Å². The fraction of sp³-hybridized carbons (Fsp3) is 0.227. The fourth-order valence-electron chi connectivity index (χ4n) is 3.07. The van der Waals surface area contributed by atoms with Gasteiger partial charge in [-0.25, -0.2) is 0 Å². The van der Waals surface area contributed by atoms with Crippen LogP contribution in [0.25, 0.3) is 5.69 Å². The summed E-state index contributed by atoms with van der Waals surface area (Å²) in [4.78, 5) is 4.62. The lowest BCUT2D eigenvalue weighted by Crippen LogP contribution is -1.99. The van der Waals surface area contributed by atoms with Crippen molar-refractivity contribution >= 4 is 11.9 Å². The largest absolute Gasteiger partial charge is 0.494 e. The Balaban J connectivity index is 1.95. The minimum atomic E-state index is 0.780. The first-order valence-electron chi connectivity index (χ1n) is 8.59. The van der Waals surface area contributed by atoms with E-state index < -0.39 is 0 Å². The number of rotatable bonds is 5. The molecule has 0 N–H and O–H groups in total. The van der Waals surface area contributed by atoms with Crippen LogP contribution >= 0.6 is 0 Å². The number of aliphatic imine (C=N–C) groups is 1. The van der Waals surface area contributed by atoms with Gasteiger partial charge < -0.3 is 9.30 Å². The molecule has 3 aromatic rings. The highest BCUT2D eigenvalue weighted by molar-refractivity contribution is 5.85. The molecule has 3 heteroatoms. The number of aromatic nitrogens is 1.